The Morgan fingerprint density at radius 3 is 1.90 bits per heavy atom. The van der Waals surface area contributed by atoms with Gasteiger partial charge in [-0.3, -0.25) is 0 Å². The zero-order valence-corrected chi connectivity index (χ0v) is 17.7. The van der Waals surface area contributed by atoms with Gasteiger partial charge in [-0.25, -0.2) is 0 Å². The van der Waals surface area contributed by atoms with Gasteiger partial charge in [0.1, 0.15) is 18.1 Å². The molecule has 0 aliphatic rings. The standard InChI is InChI=1S/C26H31NO2/c1-26(2,3)22-9-13-24(14-10-22)29-20-18-27-23-11-15-25(16-12-23)28-19-17-21-7-5-4-6-8-21/h4-16,27H,17-20H2,1-3H3. The van der Waals surface area contributed by atoms with Crippen LogP contribution in [-0.2, 0) is 11.8 Å². The summed E-state index contributed by atoms with van der Waals surface area (Å²) in [5.74, 6) is 1.80. The molecule has 0 aliphatic carbocycles. The second-order valence-corrected chi connectivity index (χ2v) is 8.16. The fourth-order valence-electron chi connectivity index (χ4n) is 3.02. The van der Waals surface area contributed by atoms with Gasteiger partial charge in [-0.1, -0.05) is 63.2 Å². The Bertz CT molecular complexity index is 850. The lowest BCUT2D eigenvalue weighted by atomic mass is 9.87. The molecule has 3 aromatic rings. The van der Waals surface area contributed by atoms with Crippen molar-refractivity contribution in [2.75, 3.05) is 25.1 Å². The maximum Gasteiger partial charge on any atom is 0.119 e. The Kier molecular flexibility index (Phi) is 7.18. The van der Waals surface area contributed by atoms with Crippen molar-refractivity contribution in [1.82, 2.24) is 0 Å². The Balaban J connectivity index is 1.35. The van der Waals surface area contributed by atoms with E-state index in [-0.39, 0.29) is 5.41 Å². The lowest BCUT2D eigenvalue weighted by Gasteiger charge is -2.19. The van der Waals surface area contributed by atoms with E-state index in [0.717, 1.165) is 30.2 Å². The van der Waals surface area contributed by atoms with Crippen LogP contribution < -0.4 is 14.8 Å². The summed E-state index contributed by atoms with van der Waals surface area (Å²) in [6, 6.07) is 26.8. The largest absolute Gasteiger partial charge is 0.493 e. The second-order valence-electron chi connectivity index (χ2n) is 8.16. The maximum absolute atomic E-state index is 5.83. The van der Waals surface area contributed by atoms with Gasteiger partial charge in [0.25, 0.3) is 0 Å². The molecule has 0 radical (unpaired) electrons. The van der Waals surface area contributed by atoms with Gasteiger partial charge in [0.15, 0.2) is 0 Å². The molecule has 0 aromatic heterocycles. The van der Waals surface area contributed by atoms with Crippen molar-refractivity contribution in [2.24, 2.45) is 0 Å². The predicted octanol–water partition coefficient (Wildman–Crippen LogP) is 6.10. The van der Waals surface area contributed by atoms with Crippen molar-refractivity contribution in [2.45, 2.75) is 32.6 Å². The van der Waals surface area contributed by atoms with E-state index in [1.54, 1.807) is 0 Å². The molecule has 152 valence electrons. The molecule has 3 rings (SSSR count). The Morgan fingerprint density at radius 2 is 1.28 bits per heavy atom. The summed E-state index contributed by atoms with van der Waals surface area (Å²) in [5, 5.41) is 3.38. The average Bonchev–Trinajstić information content (AvgIpc) is 2.73. The average molecular weight is 390 g/mol. The van der Waals surface area contributed by atoms with Crippen molar-refractivity contribution < 1.29 is 9.47 Å². The van der Waals surface area contributed by atoms with Crippen molar-refractivity contribution in [3.63, 3.8) is 0 Å². The minimum Gasteiger partial charge on any atom is -0.493 e. The van der Waals surface area contributed by atoms with Crippen LogP contribution in [0, 0.1) is 0 Å². The highest BCUT2D eigenvalue weighted by molar-refractivity contribution is 5.46. The van der Waals surface area contributed by atoms with Gasteiger partial charge >= 0.3 is 0 Å². The summed E-state index contributed by atoms with van der Waals surface area (Å²) in [6.45, 7) is 8.68. The van der Waals surface area contributed by atoms with Crippen LogP contribution in [0.1, 0.15) is 31.9 Å². The monoisotopic (exact) mass is 389 g/mol. The maximum atomic E-state index is 5.83. The van der Waals surface area contributed by atoms with E-state index < -0.39 is 0 Å². The summed E-state index contributed by atoms with van der Waals surface area (Å²) >= 11 is 0. The molecule has 0 spiro atoms. The molecular formula is C26H31NO2. The number of benzene rings is 3. The first-order valence-electron chi connectivity index (χ1n) is 10.2. The fourth-order valence-corrected chi connectivity index (χ4v) is 3.02. The number of nitrogens with one attached hydrogen (secondary N) is 1. The van der Waals surface area contributed by atoms with Crippen molar-refractivity contribution in [3.05, 3.63) is 90.0 Å². The number of ether oxygens (including phenoxy) is 2. The zero-order valence-electron chi connectivity index (χ0n) is 17.7. The lowest BCUT2D eigenvalue weighted by molar-refractivity contribution is 0.322. The Hall–Kier alpha value is -2.94. The summed E-state index contributed by atoms with van der Waals surface area (Å²) in [4.78, 5) is 0. The molecule has 0 atom stereocenters. The van der Waals surface area contributed by atoms with E-state index in [2.05, 4.69) is 62.5 Å². The minimum atomic E-state index is 0.164. The normalized spacial score (nSPS) is 11.1. The van der Waals surface area contributed by atoms with E-state index in [1.165, 1.54) is 11.1 Å². The van der Waals surface area contributed by atoms with Crippen molar-refractivity contribution in [1.29, 1.82) is 0 Å². The molecule has 1 N–H and O–H groups in total. The molecule has 3 aromatic carbocycles. The molecule has 0 amide bonds. The van der Waals surface area contributed by atoms with Crippen LogP contribution in [0.3, 0.4) is 0 Å². The van der Waals surface area contributed by atoms with E-state index in [1.807, 2.05) is 42.5 Å². The molecule has 0 fully saturated rings. The third kappa shape index (κ3) is 6.86. The lowest BCUT2D eigenvalue weighted by Crippen LogP contribution is -2.12. The van der Waals surface area contributed by atoms with Crippen LogP contribution in [0.15, 0.2) is 78.9 Å². The SMILES string of the molecule is CC(C)(C)c1ccc(OCCNc2ccc(OCCc3ccccc3)cc2)cc1. The van der Waals surface area contributed by atoms with Crippen LogP contribution in [-0.4, -0.2) is 19.8 Å². The summed E-state index contributed by atoms with van der Waals surface area (Å²) in [5.41, 5.74) is 3.83. The van der Waals surface area contributed by atoms with Crippen LogP contribution in [0.4, 0.5) is 5.69 Å². The molecule has 0 unspecified atom stereocenters. The first-order chi connectivity index (χ1) is 14.0. The fraction of sp³-hybridized carbons (Fsp3) is 0.308. The van der Waals surface area contributed by atoms with Gasteiger partial charge in [-0.15, -0.1) is 0 Å². The van der Waals surface area contributed by atoms with E-state index in [4.69, 9.17) is 9.47 Å². The third-order valence-corrected chi connectivity index (χ3v) is 4.78. The topological polar surface area (TPSA) is 30.5 Å². The van der Waals surface area contributed by atoms with Crippen LogP contribution in [0.5, 0.6) is 11.5 Å². The van der Waals surface area contributed by atoms with E-state index >= 15 is 0 Å². The summed E-state index contributed by atoms with van der Waals surface area (Å²) in [7, 11) is 0. The Labute approximate surface area is 174 Å². The van der Waals surface area contributed by atoms with Gasteiger partial charge in [0.2, 0.25) is 0 Å². The van der Waals surface area contributed by atoms with Crippen LogP contribution in [0.2, 0.25) is 0 Å². The molecule has 3 heteroatoms. The van der Waals surface area contributed by atoms with Gasteiger partial charge in [-0.2, -0.15) is 0 Å². The first-order valence-corrected chi connectivity index (χ1v) is 10.2. The number of hydrogen-bond donors (Lipinski definition) is 1. The highest BCUT2D eigenvalue weighted by Crippen LogP contribution is 2.24. The molecule has 0 heterocycles. The predicted molar refractivity (Wildman–Crippen MR) is 121 cm³/mol. The minimum absolute atomic E-state index is 0.164. The first kappa shape index (κ1) is 20.8. The molecular weight excluding hydrogens is 358 g/mol. The van der Waals surface area contributed by atoms with Crippen molar-refractivity contribution in [3.8, 4) is 11.5 Å². The highest BCUT2D eigenvalue weighted by atomic mass is 16.5. The molecule has 29 heavy (non-hydrogen) atoms. The second kappa shape index (κ2) is 10.0. The van der Waals surface area contributed by atoms with Gasteiger partial charge in [0.05, 0.1) is 6.61 Å². The smallest absolute Gasteiger partial charge is 0.119 e. The van der Waals surface area contributed by atoms with Gasteiger partial charge in [0, 0.05) is 18.7 Å². The number of rotatable bonds is 9. The van der Waals surface area contributed by atoms with Gasteiger partial charge in [-0.05, 0) is 52.9 Å². The summed E-state index contributed by atoms with van der Waals surface area (Å²) in [6.07, 6.45) is 0.912. The Morgan fingerprint density at radius 1 is 0.690 bits per heavy atom. The van der Waals surface area contributed by atoms with Crippen LogP contribution >= 0.6 is 0 Å². The third-order valence-electron chi connectivity index (χ3n) is 4.78. The molecule has 3 nitrogen and oxygen atoms in total. The van der Waals surface area contributed by atoms with E-state index in [9.17, 15) is 0 Å². The number of anilines is 1. The van der Waals surface area contributed by atoms with E-state index in [0.29, 0.717) is 13.2 Å². The van der Waals surface area contributed by atoms with Crippen molar-refractivity contribution >= 4 is 5.69 Å². The number of hydrogen-bond acceptors (Lipinski definition) is 3. The highest BCUT2D eigenvalue weighted by Gasteiger charge is 2.12. The molecule has 0 saturated carbocycles. The molecule has 0 saturated heterocycles. The van der Waals surface area contributed by atoms with Gasteiger partial charge < -0.3 is 14.8 Å². The quantitative estimate of drug-likeness (QED) is 0.449. The molecule has 0 bridgehead atoms. The molecule has 0 aliphatic heterocycles. The zero-order chi connectivity index (χ0) is 20.5. The summed E-state index contributed by atoms with van der Waals surface area (Å²) < 4.78 is 11.7. The van der Waals surface area contributed by atoms with Crippen LogP contribution in [0.25, 0.3) is 0 Å².